The number of hydrogen-bond donors (Lipinski definition) is 1. The molecule has 1 aromatic carbocycles. The lowest BCUT2D eigenvalue weighted by molar-refractivity contribution is -0.127. The maximum absolute atomic E-state index is 12.5. The Labute approximate surface area is 148 Å². The molecule has 0 saturated carbocycles. The van der Waals surface area contributed by atoms with Gasteiger partial charge in [-0.3, -0.25) is 4.79 Å². The van der Waals surface area contributed by atoms with Crippen molar-refractivity contribution >= 4 is 11.9 Å². The van der Waals surface area contributed by atoms with Crippen LogP contribution in [0.15, 0.2) is 30.3 Å². The Morgan fingerprint density at radius 2 is 1.92 bits per heavy atom. The van der Waals surface area contributed by atoms with Crippen molar-refractivity contribution in [2.75, 3.05) is 18.0 Å². The number of benzene rings is 1. The van der Waals surface area contributed by atoms with Crippen LogP contribution in [0, 0.1) is 5.92 Å². The zero-order valence-electron chi connectivity index (χ0n) is 15.1. The molecule has 2 heterocycles. The second kappa shape index (κ2) is 7.21. The zero-order valence-corrected chi connectivity index (χ0v) is 15.1. The summed E-state index contributed by atoms with van der Waals surface area (Å²) in [5.74, 6) is 0.955. The van der Waals surface area contributed by atoms with Gasteiger partial charge in [-0.25, -0.2) is 0 Å². The van der Waals surface area contributed by atoms with Crippen LogP contribution in [-0.4, -0.2) is 44.7 Å². The quantitative estimate of drug-likeness (QED) is 0.901. The Morgan fingerprint density at radius 3 is 2.56 bits per heavy atom. The number of hydrogen-bond acceptors (Lipinski definition) is 5. The topological polar surface area (TPSA) is 75.9 Å². The van der Waals surface area contributed by atoms with Crippen molar-refractivity contribution in [3.05, 3.63) is 30.3 Å². The van der Waals surface area contributed by atoms with E-state index in [2.05, 4.69) is 46.5 Å². The van der Waals surface area contributed by atoms with E-state index >= 15 is 0 Å². The van der Waals surface area contributed by atoms with E-state index in [0.717, 1.165) is 44.0 Å². The molecule has 25 heavy (non-hydrogen) atoms. The first-order chi connectivity index (χ1) is 12.0. The summed E-state index contributed by atoms with van der Waals surface area (Å²) < 4.78 is 1.75. The third-order valence-electron chi connectivity index (χ3n) is 4.95. The summed E-state index contributed by atoms with van der Waals surface area (Å²) in [7, 11) is 0. The van der Waals surface area contributed by atoms with E-state index < -0.39 is 0 Å². The van der Waals surface area contributed by atoms with Crippen molar-refractivity contribution in [2.24, 2.45) is 5.92 Å². The minimum absolute atomic E-state index is 0.0585. The van der Waals surface area contributed by atoms with Gasteiger partial charge < -0.3 is 10.2 Å². The lowest BCUT2D eigenvalue weighted by atomic mass is 9.93. The van der Waals surface area contributed by atoms with Crippen molar-refractivity contribution in [2.45, 2.75) is 45.6 Å². The molecule has 1 N–H and O–H groups in total. The van der Waals surface area contributed by atoms with Gasteiger partial charge in [0.1, 0.15) is 0 Å². The van der Waals surface area contributed by atoms with Gasteiger partial charge in [0.2, 0.25) is 11.9 Å². The fourth-order valence-corrected chi connectivity index (χ4v) is 2.98. The maximum Gasteiger partial charge on any atom is 0.250 e. The minimum Gasteiger partial charge on any atom is -0.351 e. The number of nitrogens with one attached hydrogen (secondary N) is 1. The van der Waals surface area contributed by atoms with Gasteiger partial charge in [0, 0.05) is 24.5 Å². The Kier molecular flexibility index (Phi) is 5.01. The molecule has 7 nitrogen and oxygen atoms in total. The normalized spacial score (nSPS) is 16.0. The fraction of sp³-hybridized carbons (Fsp3) is 0.556. The molecular formula is C18H26N6O. The molecule has 1 aromatic heterocycles. The third-order valence-corrected chi connectivity index (χ3v) is 4.95. The molecule has 0 radical (unpaired) electrons. The Balaban J connectivity index is 1.64. The predicted molar refractivity (Wildman–Crippen MR) is 96.6 cm³/mol. The van der Waals surface area contributed by atoms with E-state index in [1.165, 1.54) is 0 Å². The number of nitrogens with zero attached hydrogens (tertiary/aromatic N) is 5. The lowest BCUT2D eigenvalue weighted by Crippen LogP contribution is -2.48. The summed E-state index contributed by atoms with van der Waals surface area (Å²) in [5.41, 5.74) is 0.790. The number of rotatable bonds is 5. The van der Waals surface area contributed by atoms with Gasteiger partial charge in [-0.1, -0.05) is 30.2 Å². The number of tetrazole rings is 1. The summed E-state index contributed by atoms with van der Waals surface area (Å²) in [6.07, 6.45) is 2.55. The highest BCUT2D eigenvalue weighted by Gasteiger charge is 2.30. The molecule has 1 aliphatic rings. The highest BCUT2D eigenvalue weighted by molar-refractivity contribution is 5.79. The fourth-order valence-electron chi connectivity index (χ4n) is 2.98. The van der Waals surface area contributed by atoms with Gasteiger partial charge in [0.15, 0.2) is 0 Å². The van der Waals surface area contributed by atoms with Crippen LogP contribution < -0.4 is 10.2 Å². The number of piperidine rings is 1. The van der Waals surface area contributed by atoms with E-state index in [9.17, 15) is 4.79 Å². The van der Waals surface area contributed by atoms with Gasteiger partial charge in [-0.05, 0) is 55.7 Å². The number of carbonyl (C=O) groups excluding carboxylic acids is 1. The van der Waals surface area contributed by atoms with Crippen LogP contribution in [-0.2, 0) is 4.79 Å². The average Bonchev–Trinajstić information content (AvgIpc) is 3.12. The number of aromatic nitrogens is 4. The van der Waals surface area contributed by atoms with Crippen LogP contribution in [0.4, 0.5) is 5.95 Å². The molecule has 1 fully saturated rings. The summed E-state index contributed by atoms with van der Waals surface area (Å²) >= 11 is 0. The van der Waals surface area contributed by atoms with Gasteiger partial charge in [0.25, 0.3) is 0 Å². The predicted octanol–water partition coefficient (Wildman–Crippen LogP) is 2.18. The molecule has 7 heteroatoms. The zero-order chi connectivity index (χ0) is 17.9. The van der Waals surface area contributed by atoms with Gasteiger partial charge in [0.05, 0.1) is 5.69 Å². The van der Waals surface area contributed by atoms with Crippen LogP contribution in [0.1, 0.15) is 40.0 Å². The smallest absolute Gasteiger partial charge is 0.250 e. The van der Waals surface area contributed by atoms with Crippen LogP contribution in [0.25, 0.3) is 5.69 Å². The molecule has 3 rings (SSSR count). The number of para-hydroxylation sites is 1. The molecular weight excluding hydrogens is 316 g/mol. The van der Waals surface area contributed by atoms with E-state index in [4.69, 9.17) is 0 Å². The van der Waals surface area contributed by atoms with Crippen LogP contribution in [0.5, 0.6) is 0 Å². The molecule has 0 bridgehead atoms. The highest BCUT2D eigenvalue weighted by atomic mass is 16.2. The molecule has 0 aliphatic carbocycles. The van der Waals surface area contributed by atoms with Crippen LogP contribution in [0.3, 0.4) is 0 Å². The highest BCUT2D eigenvalue weighted by Crippen LogP contribution is 2.24. The molecule has 2 aromatic rings. The van der Waals surface area contributed by atoms with Crippen LogP contribution >= 0.6 is 0 Å². The molecule has 1 aliphatic heterocycles. The summed E-state index contributed by atoms with van der Waals surface area (Å²) in [6.45, 7) is 7.77. The Morgan fingerprint density at radius 1 is 1.24 bits per heavy atom. The third kappa shape index (κ3) is 3.97. The molecule has 0 atom stereocenters. The largest absolute Gasteiger partial charge is 0.351 e. The Hall–Kier alpha value is -2.44. The molecule has 0 unspecified atom stereocenters. The van der Waals surface area contributed by atoms with Crippen molar-refractivity contribution in [3.8, 4) is 5.69 Å². The molecule has 134 valence electrons. The summed E-state index contributed by atoms with van der Waals surface area (Å²) in [5, 5.41) is 15.3. The van der Waals surface area contributed by atoms with Crippen molar-refractivity contribution in [1.82, 2.24) is 25.5 Å². The van der Waals surface area contributed by atoms with E-state index in [1.54, 1.807) is 4.68 Å². The first-order valence-corrected chi connectivity index (χ1v) is 8.91. The average molecular weight is 342 g/mol. The summed E-state index contributed by atoms with van der Waals surface area (Å²) in [4.78, 5) is 14.6. The van der Waals surface area contributed by atoms with E-state index in [-0.39, 0.29) is 17.4 Å². The lowest BCUT2D eigenvalue weighted by Gasteiger charge is -2.33. The molecule has 1 saturated heterocycles. The van der Waals surface area contributed by atoms with Crippen LogP contribution in [0.2, 0.25) is 0 Å². The minimum atomic E-state index is -0.147. The van der Waals surface area contributed by atoms with Gasteiger partial charge in [-0.15, -0.1) is 0 Å². The number of amides is 1. The monoisotopic (exact) mass is 342 g/mol. The summed E-state index contributed by atoms with van der Waals surface area (Å²) in [6, 6.07) is 9.86. The Bertz CT molecular complexity index is 703. The SMILES string of the molecule is CCC(C)(C)NC(=O)C1CCN(c2nnnn2-c2ccccc2)CC1. The molecule has 0 spiro atoms. The second-order valence-electron chi connectivity index (χ2n) is 7.21. The maximum atomic E-state index is 12.5. The van der Waals surface area contributed by atoms with Crippen molar-refractivity contribution < 1.29 is 4.79 Å². The second-order valence-corrected chi connectivity index (χ2v) is 7.21. The van der Waals surface area contributed by atoms with E-state index in [0.29, 0.717) is 0 Å². The van der Waals surface area contributed by atoms with E-state index in [1.807, 2.05) is 30.3 Å². The first kappa shape index (κ1) is 17.4. The standard InChI is InChI=1S/C18H26N6O/c1-4-18(2,3)19-16(25)14-10-12-23(13-11-14)17-20-21-22-24(17)15-8-6-5-7-9-15/h5-9,14H,4,10-13H2,1-3H3,(H,19,25). The van der Waals surface area contributed by atoms with Gasteiger partial charge >= 0.3 is 0 Å². The van der Waals surface area contributed by atoms with Gasteiger partial charge in [-0.2, -0.15) is 4.68 Å². The first-order valence-electron chi connectivity index (χ1n) is 8.91. The van der Waals surface area contributed by atoms with Crippen molar-refractivity contribution in [3.63, 3.8) is 0 Å². The number of carbonyl (C=O) groups is 1. The number of anilines is 1. The molecule has 1 amide bonds. The van der Waals surface area contributed by atoms with Crippen molar-refractivity contribution in [1.29, 1.82) is 0 Å².